The van der Waals surface area contributed by atoms with Crippen LogP contribution in [-0.4, -0.2) is 20.0 Å². The molecular weight excluding hydrogens is 304 g/mol. The molecule has 1 aliphatic rings. The predicted octanol–water partition coefficient (Wildman–Crippen LogP) is 3.94. The van der Waals surface area contributed by atoms with Gasteiger partial charge in [0.25, 0.3) is 0 Å². The Bertz CT molecular complexity index is 858. The molecule has 4 heteroatoms. The van der Waals surface area contributed by atoms with Gasteiger partial charge in [0, 0.05) is 36.7 Å². The summed E-state index contributed by atoms with van der Waals surface area (Å²) in [5.41, 5.74) is 2.17. The highest BCUT2D eigenvalue weighted by molar-refractivity contribution is 7.80. The van der Waals surface area contributed by atoms with Crippen molar-refractivity contribution < 1.29 is 5.11 Å². The van der Waals surface area contributed by atoms with Gasteiger partial charge in [-0.15, -0.1) is 0 Å². The van der Waals surface area contributed by atoms with Gasteiger partial charge in [-0.05, 0) is 29.1 Å². The first kappa shape index (κ1) is 14.4. The van der Waals surface area contributed by atoms with E-state index in [1.807, 2.05) is 41.4 Å². The van der Waals surface area contributed by atoms with Crippen LogP contribution < -0.4 is 0 Å². The number of aromatic amines is 1. The molecule has 0 radical (unpaired) electrons. The molecule has 1 aliphatic heterocycles. The molecule has 23 heavy (non-hydrogen) atoms. The largest absolute Gasteiger partial charge is 0.367 e. The normalized spacial score (nSPS) is 21.3. The number of nitrogens with zero attached hydrogens (tertiary/aromatic N) is 1. The summed E-state index contributed by atoms with van der Waals surface area (Å²) in [6, 6.07) is 18.2. The van der Waals surface area contributed by atoms with Gasteiger partial charge >= 0.3 is 0 Å². The van der Waals surface area contributed by atoms with Gasteiger partial charge in [-0.25, -0.2) is 0 Å². The van der Waals surface area contributed by atoms with Gasteiger partial charge in [0.2, 0.25) is 0 Å². The van der Waals surface area contributed by atoms with Crippen molar-refractivity contribution in [1.82, 2.24) is 9.88 Å². The number of benzene rings is 2. The molecule has 0 bridgehead atoms. The Labute approximate surface area is 140 Å². The van der Waals surface area contributed by atoms with Gasteiger partial charge in [0.15, 0.2) is 5.72 Å². The van der Waals surface area contributed by atoms with E-state index < -0.39 is 5.72 Å². The molecule has 1 saturated heterocycles. The zero-order valence-electron chi connectivity index (χ0n) is 12.7. The van der Waals surface area contributed by atoms with Crippen LogP contribution in [0.1, 0.15) is 24.0 Å². The van der Waals surface area contributed by atoms with Crippen LogP contribution in [0.5, 0.6) is 0 Å². The lowest BCUT2D eigenvalue weighted by atomic mass is 9.99. The first-order valence-corrected chi connectivity index (χ1v) is 8.22. The number of aliphatic hydroxyl groups is 1. The van der Waals surface area contributed by atoms with Crippen LogP contribution in [0.15, 0.2) is 60.8 Å². The number of hydrogen-bond acceptors (Lipinski definition) is 2. The summed E-state index contributed by atoms with van der Waals surface area (Å²) in [7, 11) is 0. The third-order valence-corrected chi connectivity index (χ3v) is 5.05. The first-order valence-electron chi connectivity index (χ1n) is 7.81. The zero-order valence-corrected chi connectivity index (χ0v) is 13.5. The Morgan fingerprint density at radius 2 is 1.96 bits per heavy atom. The third kappa shape index (κ3) is 2.44. The van der Waals surface area contributed by atoms with Crippen molar-refractivity contribution in [1.29, 1.82) is 0 Å². The molecular formula is C19H18N2OS. The Kier molecular flexibility index (Phi) is 3.43. The van der Waals surface area contributed by atoms with E-state index in [0.29, 0.717) is 13.0 Å². The van der Waals surface area contributed by atoms with Gasteiger partial charge in [0.05, 0.1) is 4.99 Å². The van der Waals surface area contributed by atoms with Gasteiger partial charge in [-0.2, -0.15) is 0 Å². The maximum Gasteiger partial charge on any atom is 0.165 e. The van der Waals surface area contributed by atoms with Crippen LogP contribution in [-0.2, 0) is 12.3 Å². The number of aromatic nitrogens is 1. The van der Waals surface area contributed by atoms with Crippen molar-refractivity contribution in [2.45, 2.75) is 25.1 Å². The molecule has 1 aromatic heterocycles. The van der Waals surface area contributed by atoms with E-state index in [1.165, 1.54) is 5.39 Å². The highest BCUT2D eigenvalue weighted by Crippen LogP contribution is 2.39. The van der Waals surface area contributed by atoms with Crippen molar-refractivity contribution in [3.8, 4) is 0 Å². The molecule has 2 aromatic carbocycles. The van der Waals surface area contributed by atoms with E-state index in [4.69, 9.17) is 12.2 Å². The van der Waals surface area contributed by atoms with E-state index in [-0.39, 0.29) is 0 Å². The maximum atomic E-state index is 11.3. The molecule has 1 fully saturated rings. The fourth-order valence-corrected chi connectivity index (χ4v) is 3.68. The second-order valence-corrected chi connectivity index (χ2v) is 6.53. The van der Waals surface area contributed by atoms with Crippen LogP contribution in [0.4, 0.5) is 0 Å². The van der Waals surface area contributed by atoms with E-state index >= 15 is 0 Å². The lowest BCUT2D eigenvalue weighted by Gasteiger charge is -2.35. The Morgan fingerprint density at radius 1 is 1.13 bits per heavy atom. The summed E-state index contributed by atoms with van der Waals surface area (Å²) in [5.74, 6) is 0. The van der Waals surface area contributed by atoms with Gasteiger partial charge in [-0.1, -0.05) is 48.6 Å². The average Bonchev–Trinajstić information content (AvgIpc) is 3.16. The molecule has 0 aliphatic carbocycles. The highest BCUT2D eigenvalue weighted by Gasteiger charge is 2.42. The van der Waals surface area contributed by atoms with Crippen LogP contribution in [0.3, 0.4) is 0 Å². The van der Waals surface area contributed by atoms with Gasteiger partial charge in [0.1, 0.15) is 0 Å². The summed E-state index contributed by atoms with van der Waals surface area (Å²) in [6.07, 6.45) is 3.32. The van der Waals surface area contributed by atoms with Crippen molar-refractivity contribution in [3.63, 3.8) is 0 Å². The Hall–Kier alpha value is -2.17. The average molecular weight is 322 g/mol. The molecule has 2 heterocycles. The van der Waals surface area contributed by atoms with E-state index in [1.54, 1.807) is 0 Å². The maximum absolute atomic E-state index is 11.3. The highest BCUT2D eigenvalue weighted by atomic mass is 32.1. The molecule has 0 spiro atoms. The van der Waals surface area contributed by atoms with Crippen molar-refractivity contribution >= 4 is 28.1 Å². The molecule has 0 amide bonds. The molecule has 1 atom stereocenters. The number of fused-ring (bicyclic) bond motifs is 1. The lowest BCUT2D eigenvalue weighted by Crippen LogP contribution is -2.42. The summed E-state index contributed by atoms with van der Waals surface area (Å²) < 4.78 is 0. The Balaban J connectivity index is 1.69. The van der Waals surface area contributed by atoms with Crippen LogP contribution in [0, 0.1) is 0 Å². The van der Waals surface area contributed by atoms with E-state index in [9.17, 15) is 5.11 Å². The van der Waals surface area contributed by atoms with Gasteiger partial charge in [-0.3, -0.25) is 0 Å². The third-order valence-electron chi connectivity index (χ3n) is 4.63. The first-order chi connectivity index (χ1) is 11.2. The summed E-state index contributed by atoms with van der Waals surface area (Å²) in [5, 5.41) is 12.4. The summed E-state index contributed by atoms with van der Waals surface area (Å²) in [6.45, 7) is 0.616. The topological polar surface area (TPSA) is 39.3 Å². The fraction of sp³-hybridized carbons (Fsp3) is 0.211. The number of H-pyrrole nitrogens is 1. The standard InChI is InChI=1S/C19H18N2OS/c22-19(16-4-2-1-3-5-16)10-8-18(23)21(19)13-14-6-7-17-15(12-14)9-11-20-17/h1-7,9,11-12,20,22H,8,10,13H2. The number of likely N-dealkylation sites (tertiary alicyclic amines) is 1. The smallest absolute Gasteiger partial charge is 0.165 e. The minimum Gasteiger partial charge on any atom is -0.367 e. The fourth-order valence-electron chi connectivity index (χ4n) is 3.37. The van der Waals surface area contributed by atoms with Crippen LogP contribution in [0.2, 0.25) is 0 Å². The molecule has 116 valence electrons. The van der Waals surface area contributed by atoms with Crippen molar-refractivity contribution in [2.75, 3.05) is 0 Å². The minimum absolute atomic E-state index is 0.616. The molecule has 0 saturated carbocycles. The number of thiocarbonyl (C=S) groups is 1. The predicted molar refractivity (Wildman–Crippen MR) is 96.0 cm³/mol. The molecule has 1 unspecified atom stereocenters. The zero-order chi connectivity index (χ0) is 15.9. The van der Waals surface area contributed by atoms with Crippen molar-refractivity contribution in [2.24, 2.45) is 0 Å². The molecule has 4 rings (SSSR count). The van der Waals surface area contributed by atoms with Gasteiger partial charge < -0.3 is 15.0 Å². The number of rotatable bonds is 3. The van der Waals surface area contributed by atoms with E-state index in [0.717, 1.165) is 28.1 Å². The SMILES string of the molecule is OC1(c2ccccc2)CCC(=S)N1Cc1ccc2[nH]ccc2c1. The quantitative estimate of drug-likeness (QED) is 0.718. The molecule has 3 aromatic rings. The number of nitrogens with one attached hydrogen (secondary N) is 1. The molecule has 2 N–H and O–H groups in total. The lowest BCUT2D eigenvalue weighted by molar-refractivity contribution is -0.0677. The molecule has 3 nitrogen and oxygen atoms in total. The minimum atomic E-state index is -1.01. The second-order valence-electron chi connectivity index (χ2n) is 6.06. The monoisotopic (exact) mass is 322 g/mol. The van der Waals surface area contributed by atoms with E-state index in [2.05, 4.69) is 29.2 Å². The summed E-state index contributed by atoms with van der Waals surface area (Å²) >= 11 is 5.53. The number of hydrogen-bond donors (Lipinski definition) is 2. The second kappa shape index (κ2) is 5.48. The summed E-state index contributed by atoms with van der Waals surface area (Å²) in [4.78, 5) is 5.99. The van der Waals surface area contributed by atoms with Crippen molar-refractivity contribution in [3.05, 3.63) is 71.9 Å². The van der Waals surface area contributed by atoms with Crippen LogP contribution >= 0.6 is 12.2 Å². The Morgan fingerprint density at radius 3 is 2.78 bits per heavy atom. The van der Waals surface area contributed by atoms with Crippen LogP contribution in [0.25, 0.3) is 10.9 Å².